The van der Waals surface area contributed by atoms with Crippen LogP contribution in [-0.2, 0) is 5.41 Å². The topological polar surface area (TPSA) is 25.8 Å². The molecule has 0 saturated carbocycles. The van der Waals surface area contributed by atoms with E-state index >= 15 is 0 Å². The van der Waals surface area contributed by atoms with Crippen LogP contribution >= 0.6 is 11.3 Å². The molecule has 9 aromatic rings. The Bertz CT molecular complexity index is 2790. The van der Waals surface area contributed by atoms with Gasteiger partial charge >= 0.3 is 0 Å². The smallest absolute Gasteiger partial charge is 0.160 e. The molecule has 0 bridgehead atoms. The molecule has 1 aliphatic carbocycles. The van der Waals surface area contributed by atoms with Gasteiger partial charge < -0.3 is 0 Å². The van der Waals surface area contributed by atoms with E-state index in [9.17, 15) is 0 Å². The molecule has 1 aliphatic rings. The predicted octanol–water partition coefficient (Wildman–Crippen LogP) is 13.0. The lowest BCUT2D eigenvalue weighted by molar-refractivity contribution is 0.660. The minimum Gasteiger partial charge on any atom is -0.228 e. The lowest BCUT2D eigenvalue weighted by Gasteiger charge is -2.22. The lowest BCUT2D eigenvalue weighted by Crippen LogP contribution is -2.14. The minimum absolute atomic E-state index is 0.0544. The third-order valence-electron chi connectivity index (χ3n) is 10.5. The Morgan fingerprint density at radius 2 is 1.02 bits per heavy atom. The van der Waals surface area contributed by atoms with Gasteiger partial charge in [0.2, 0.25) is 0 Å². The number of benzene rings is 7. The number of hydrogen-bond acceptors (Lipinski definition) is 3. The average Bonchev–Trinajstić information content (AvgIpc) is 3.66. The monoisotopic (exact) mass is 656 g/mol. The average molecular weight is 657 g/mol. The molecule has 50 heavy (non-hydrogen) atoms. The van der Waals surface area contributed by atoms with Gasteiger partial charge in [0, 0.05) is 42.3 Å². The van der Waals surface area contributed by atoms with Crippen LogP contribution in [-0.4, -0.2) is 9.97 Å². The van der Waals surface area contributed by atoms with Crippen LogP contribution in [0.15, 0.2) is 158 Å². The number of fused-ring (bicyclic) bond motifs is 7. The fraction of sp³-hybridized carbons (Fsp3) is 0.0638. The molecule has 236 valence electrons. The second-order valence-corrected chi connectivity index (χ2v) is 14.9. The van der Waals surface area contributed by atoms with Crippen molar-refractivity contribution in [1.82, 2.24) is 9.97 Å². The summed E-state index contributed by atoms with van der Waals surface area (Å²) < 4.78 is 2.59. The first-order valence-electron chi connectivity index (χ1n) is 17.2. The van der Waals surface area contributed by atoms with Gasteiger partial charge in [0.05, 0.1) is 11.4 Å². The second kappa shape index (κ2) is 11.1. The largest absolute Gasteiger partial charge is 0.228 e. The summed E-state index contributed by atoms with van der Waals surface area (Å²) in [5.74, 6) is 0.724. The van der Waals surface area contributed by atoms with Crippen LogP contribution in [0.4, 0.5) is 0 Å². The summed E-state index contributed by atoms with van der Waals surface area (Å²) in [6, 6.07) is 57.0. The summed E-state index contributed by atoms with van der Waals surface area (Å²) in [6.07, 6.45) is 0. The number of aromatic nitrogens is 2. The van der Waals surface area contributed by atoms with Gasteiger partial charge in [-0.15, -0.1) is 11.3 Å². The van der Waals surface area contributed by atoms with E-state index in [1.807, 2.05) is 17.4 Å². The zero-order valence-electron chi connectivity index (χ0n) is 27.8. The van der Waals surface area contributed by atoms with Gasteiger partial charge in [-0.3, -0.25) is 0 Å². The Labute approximate surface area is 295 Å². The van der Waals surface area contributed by atoms with Gasteiger partial charge in [0.1, 0.15) is 0 Å². The fourth-order valence-electron chi connectivity index (χ4n) is 7.98. The maximum Gasteiger partial charge on any atom is 0.160 e. The quantitative estimate of drug-likeness (QED) is 0.188. The molecule has 0 aliphatic heterocycles. The van der Waals surface area contributed by atoms with Crippen molar-refractivity contribution in [3.63, 3.8) is 0 Å². The second-order valence-electron chi connectivity index (χ2n) is 13.8. The molecule has 2 aromatic heterocycles. The Hall–Kier alpha value is -5.90. The lowest BCUT2D eigenvalue weighted by atomic mass is 9.81. The fourth-order valence-corrected chi connectivity index (χ4v) is 9.07. The highest BCUT2D eigenvalue weighted by molar-refractivity contribution is 7.25. The minimum atomic E-state index is -0.0544. The standard InChI is InChI=1S/C47H32N2S/c1-47(2)40-18-10-8-16-35(40)36-22-20-30(27-41(36)47)32-23-24-37(34-15-7-6-14-33(32)34)43-28-42(48-46(49-43)29-12-4-3-5-13-29)31-21-25-45-39(26-31)38-17-9-11-19-44(38)50-45/h3-28H,1-2H3. The van der Waals surface area contributed by atoms with Gasteiger partial charge in [-0.05, 0) is 74.5 Å². The van der Waals surface area contributed by atoms with Gasteiger partial charge in [-0.25, -0.2) is 9.97 Å². The molecule has 0 atom stereocenters. The van der Waals surface area contributed by atoms with Gasteiger partial charge in [0.25, 0.3) is 0 Å². The van der Waals surface area contributed by atoms with E-state index in [2.05, 4.69) is 166 Å². The van der Waals surface area contributed by atoms with E-state index in [0.29, 0.717) is 0 Å². The molecule has 0 unspecified atom stereocenters. The van der Waals surface area contributed by atoms with Crippen molar-refractivity contribution < 1.29 is 0 Å². The van der Waals surface area contributed by atoms with Crippen molar-refractivity contribution in [3.05, 3.63) is 169 Å². The van der Waals surface area contributed by atoms with Crippen LogP contribution in [0.25, 0.3) is 87.1 Å². The van der Waals surface area contributed by atoms with E-state index in [4.69, 9.17) is 9.97 Å². The Kier molecular flexibility index (Phi) is 6.43. The first-order valence-corrected chi connectivity index (χ1v) is 18.0. The molecule has 0 amide bonds. The van der Waals surface area contributed by atoms with Gasteiger partial charge in [0.15, 0.2) is 5.82 Å². The molecule has 0 N–H and O–H groups in total. The van der Waals surface area contributed by atoms with Crippen LogP contribution in [0.5, 0.6) is 0 Å². The molecule has 0 fully saturated rings. The van der Waals surface area contributed by atoms with E-state index in [-0.39, 0.29) is 5.41 Å². The maximum atomic E-state index is 5.23. The Morgan fingerprint density at radius 1 is 0.400 bits per heavy atom. The number of rotatable bonds is 4. The molecular weight excluding hydrogens is 625 g/mol. The molecule has 0 radical (unpaired) electrons. The number of hydrogen-bond donors (Lipinski definition) is 0. The summed E-state index contributed by atoms with van der Waals surface area (Å²) in [5.41, 5.74) is 12.9. The predicted molar refractivity (Wildman–Crippen MR) is 212 cm³/mol. The first-order chi connectivity index (χ1) is 24.5. The summed E-state index contributed by atoms with van der Waals surface area (Å²) in [6.45, 7) is 4.69. The number of thiophene rings is 1. The number of nitrogens with zero attached hydrogens (tertiary/aromatic N) is 2. The molecule has 10 rings (SSSR count). The third kappa shape index (κ3) is 4.47. The van der Waals surface area contributed by atoms with Crippen LogP contribution in [0.1, 0.15) is 25.0 Å². The summed E-state index contributed by atoms with van der Waals surface area (Å²) in [4.78, 5) is 10.4. The molecule has 2 heterocycles. The van der Waals surface area contributed by atoms with Crippen LogP contribution < -0.4 is 0 Å². The van der Waals surface area contributed by atoms with Crippen molar-refractivity contribution in [1.29, 1.82) is 0 Å². The highest BCUT2D eigenvalue weighted by atomic mass is 32.1. The van der Waals surface area contributed by atoms with E-state index in [1.54, 1.807) is 0 Å². The van der Waals surface area contributed by atoms with Crippen molar-refractivity contribution in [2.24, 2.45) is 0 Å². The van der Waals surface area contributed by atoms with Crippen molar-refractivity contribution in [2.45, 2.75) is 19.3 Å². The normalized spacial score (nSPS) is 13.2. The van der Waals surface area contributed by atoms with Crippen molar-refractivity contribution in [3.8, 4) is 56.2 Å². The Balaban J connectivity index is 1.15. The van der Waals surface area contributed by atoms with E-state index in [0.717, 1.165) is 33.9 Å². The summed E-state index contributed by atoms with van der Waals surface area (Å²) in [7, 11) is 0. The van der Waals surface area contributed by atoms with Gasteiger partial charge in [-0.1, -0.05) is 141 Å². The molecule has 7 aromatic carbocycles. The maximum absolute atomic E-state index is 5.23. The van der Waals surface area contributed by atoms with E-state index in [1.165, 1.54) is 64.3 Å². The molecule has 2 nitrogen and oxygen atoms in total. The Morgan fingerprint density at radius 3 is 1.88 bits per heavy atom. The van der Waals surface area contributed by atoms with Crippen LogP contribution in [0.2, 0.25) is 0 Å². The van der Waals surface area contributed by atoms with Gasteiger partial charge in [-0.2, -0.15) is 0 Å². The SMILES string of the molecule is CC1(C)c2ccccc2-c2ccc(-c3ccc(-c4cc(-c5ccc6sc7ccccc7c6c5)nc(-c5ccccc5)n4)c4ccccc34)cc21. The zero-order chi connectivity index (χ0) is 33.4. The third-order valence-corrected chi connectivity index (χ3v) is 11.7. The highest BCUT2D eigenvalue weighted by Crippen LogP contribution is 2.50. The van der Waals surface area contributed by atoms with Crippen LogP contribution in [0, 0.1) is 0 Å². The van der Waals surface area contributed by atoms with Crippen LogP contribution in [0.3, 0.4) is 0 Å². The summed E-state index contributed by atoms with van der Waals surface area (Å²) in [5, 5.41) is 4.94. The first kappa shape index (κ1) is 29.1. The zero-order valence-corrected chi connectivity index (χ0v) is 28.6. The van der Waals surface area contributed by atoms with Crippen molar-refractivity contribution >= 4 is 42.3 Å². The summed E-state index contributed by atoms with van der Waals surface area (Å²) >= 11 is 1.84. The molecule has 3 heteroatoms. The molecule has 0 saturated heterocycles. The van der Waals surface area contributed by atoms with E-state index < -0.39 is 0 Å². The van der Waals surface area contributed by atoms with Crippen molar-refractivity contribution in [2.75, 3.05) is 0 Å². The molecule has 0 spiro atoms. The molecular formula is C47H32N2S. The highest BCUT2D eigenvalue weighted by Gasteiger charge is 2.35.